The fourth-order valence-corrected chi connectivity index (χ4v) is 4.00. The number of nitriles is 1. The van der Waals surface area contributed by atoms with Crippen LogP contribution in [0.4, 0.5) is 0 Å². The molecule has 5 nitrogen and oxygen atoms in total. The fourth-order valence-electron chi connectivity index (χ4n) is 3.04. The van der Waals surface area contributed by atoms with Crippen LogP contribution in [0.2, 0.25) is 0 Å². The minimum Gasteiger partial charge on any atom is -0.496 e. The Morgan fingerprint density at radius 1 is 1.15 bits per heavy atom. The molecule has 1 aliphatic rings. The van der Waals surface area contributed by atoms with Gasteiger partial charge in [-0.3, -0.25) is 0 Å². The Balaban J connectivity index is 1.65. The lowest BCUT2D eigenvalue weighted by molar-refractivity contribution is 0.415. The molecule has 0 spiro atoms. The number of nitrogens with zero attached hydrogens (tertiary/aromatic N) is 4. The Labute approximate surface area is 163 Å². The van der Waals surface area contributed by atoms with Crippen LogP contribution in [0.15, 0.2) is 53.7 Å². The molecule has 0 saturated heterocycles. The molecule has 1 aliphatic carbocycles. The van der Waals surface area contributed by atoms with Crippen LogP contribution in [0.25, 0.3) is 11.4 Å². The van der Waals surface area contributed by atoms with Crippen LogP contribution in [0.1, 0.15) is 24.0 Å². The summed E-state index contributed by atoms with van der Waals surface area (Å²) in [4.78, 5) is 0. The first kappa shape index (κ1) is 17.6. The average molecular weight is 376 g/mol. The molecule has 2 aromatic carbocycles. The van der Waals surface area contributed by atoms with Crippen molar-refractivity contribution in [2.24, 2.45) is 5.92 Å². The van der Waals surface area contributed by atoms with Crippen LogP contribution in [0, 0.1) is 17.2 Å². The molecule has 3 aromatic rings. The van der Waals surface area contributed by atoms with Crippen molar-refractivity contribution < 1.29 is 4.74 Å². The Hall–Kier alpha value is -2.78. The summed E-state index contributed by atoms with van der Waals surface area (Å²) in [6.07, 6.45) is 2.51. The Kier molecular flexibility index (Phi) is 5.12. The number of methoxy groups -OCH3 is 1. The zero-order valence-corrected chi connectivity index (χ0v) is 15.9. The largest absolute Gasteiger partial charge is 0.496 e. The van der Waals surface area contributed by atoms with Crippen molar-refractivity contribution in [3.63, 3.8) is 0 Å². The van der Waals surface area contributed by atoms with E-state index in [4.69, 9.17) is 4.74 Å². The monoisotopic (exact) mass is 376 g/mol. The summed E-state index contributed by atoms with van der Waals surface area (Å²) in [5.74, 6) is 3.03. The van der Waals surface area contributed by atoms with Crippen LogP contribution in [0.3, 0.4) is 0 Å². The van der Waals surface area contributed by atoms with Gasteiger partial charge in [-0.15, -0.1) is 10.2 Å². The van der Waals surface area contributed by atoms with Gasteiger partial charge in [-0.2, -0.15) is 5.26 Å². The summed E-state index contributed by atoms with van der Waals surface area (Å²) < 4.78 is 7.72. The fraction of sp³-hybridized carbons (Fsp3) is 0.286. The molecule has 0 bridgehead atoms. The smallest absolute Gasteiger partial charge is 0.191 e. The van der Waals surface area contributed by atoms with Crippen molar-refractivity contribution in [3.8, 4) is 23.2 Å². The molecule has 136 valence electrons. The molecule has 1 saturated carbocycles. The third kappa shape index (κ3) is 3.83. The van der Waals surface area contributed by atoms with Gasteiger partial charge < -0.3 is 9.30 Å². The maximum atomic E-state index is 9.30. The summed E-state index contributed by atoms with van der Waals surface area (Å²) in [5, 5.41) is 19.1. The van der Waals surface area contributed by atoms with Gasteiger partial charge in [-0.25, -0.2) is 0 Å². The minimum absolute atomic E-state index is 0.693. The Morgan fingerprint density at radius 2 is 1.93 bits per heavy atom. The number of benzene rings is 2. The normalized spacial score (nSPS) is 13.3. The maximum Gasteiger partial charge on any atom is 0.191 e. The van der Waals surface area contributed by atoms with Crippen molar-refractivity contribution in [1.82, 2.24) is 14.8 Å². The predicted octanol–water partition coefficient (Wildman–Crippen LogP) is 4.53. The van der Waals surface area contributed by atoms with Gasteiger partial charge in [0.1, 0.15) is 5.75 Å². The number of rotatable bonds is 7. The van der Waals surface area contributed by atoms with E-state index in [1.54, 1.807) is 18.9 Å². The molecule has 0 aliphatic heterocycles. The average Bonchev–Trinajstić information content (AvgIpc) is 3.45. The maximum absolute atomic E-state index is 9.30. The zero-order chi connectivity index (χ0) is 18.6. The van der Waals surface area contributed by atoms with E-state index in [1.165, 1.54) is 12.8 Å². The Morgan fingerprint density at radius 3 is 2.70 bits per heavy atom. The van der Waals surface area contributed by atoms with Crippen LogP contribution in [0.5, 0.6) is 5.75 Å². The van der Waals surface area contributed by atoms with Crippen molar-refractivity contribution in [2.75, 3.05) is 7.11 Å². The standard InChI is InChI=1S/C21H20N4OS/c1-26-19-9-5-4-8-18(19)20-23-24-21(25(20)13-15-10-11-15)27-14-17-7-3-2-6-16(17)12-22/h2-9,15H,10-11,13-14H2,1H3. The third-order valence-corrected chi connectivity index (χ3v) is 5.71. The molecule has 1 heterocycles. The highest BCUT2D eigenvalue weighted by Gasteiger charge is 2.26. The number of hydrogen-bond donors (Lipinski definition) is 0. The van der Waals surface area contributed by atoms with Gasteiger partial charge in [0.15, 0.2) is 11.0 Å². The topological polar surface area (TPSA) is 63.7 Å². The molecular weight excluding hydrogens is 356 g/mol. The Bertz CT molecular complexity index is 988. The molecule has 6 heteroatoms. The molecule has 27 heavy (non-hydrogen) atoms. The molecule has 0 N–H and O–H groups in total. The second-order valence-corrected chi connectivity index (χ2v) is 7.56. The highest BCUT2D eigenvalue weighted by atomic mass is 32.2. The van der Waals surface area contributed by atoms with E-state index in [0.29, 0.717) is 17.2 Å². The van der Waals surface area contributed by atoms with Crippen LogP contribution < -0.4 is 4.74 Å². The van der Waals surface area contributed by atoms with E-state index >= 15 is 0 Å². The van der Waals surface area contributed by atoms with Gasteiger partial charge in [0.05, 0.1) is 24.3 Å². The van der Waals surface area contributed by atoms with Gasteiger partial charge in [0, 0.05) is 12.3 Å². The quantitative estimate of drug-likeness (QED) is 0.567. The molecule has 4 rings (SSSR count). The molecule has 1 aromatic heterocycles. The third-order valence-electron chi connectivity index (χ3n) is 4.70. The molecule has 0 amide bonds. The first-order valence-corrected chi connectivity index (χ1v) is 9.96. The summed E-state index contributed by atoms with van der Waals surface area (Å²) in [7, 11) is 1.68. The van der Waals surface area contributed by atoms with Crippen LogP contribution in [-0.2, 0) is 12.3 Å². The summed E-state index contributed by atoms with van der Waals surface area (Å²) in [6.45, 7) is 0.919. The number of thioether (sulfide) groups is 1. The van der Waals surface area contributed by atoms with Crippen LogP contribution in [-0.4, -0.2) is 21.9 Å². The van der Waals surface area contributed by atoms with Gasteiger partial charge in [-0.1, -0.05) is 42.1 Å². The number of aromatic nitrogens is 3. The van der Waals surface area contributed by atoms with Crippen molar-refractivity contribution in [2.45, 2.75) is 30.3 Å². The first-order valence-electron chi connectivity index (χ1n) is 8.97. The molecule has 1 fully saturated rings. The lowest BCUT2D eigenvalue weighted by Gasteiger charge is -2.12. The van der Waals surface area contributed by atoms with E-state index in [9.17, 15) is 5.26 Å². The lowest BCUT2D eigenvalue weighted by atomic mass is 10.1. The van der Waals surface area contributed by atoms with Crippen molar-refractivity contribution >= 4 is 11.8 Å². The number of hydrogen-bond acceptors (Lipinski definition) is 5. The van der Waals surface area contributed by atoms with Gasteiger partial charge >= 0.3 is 0 Å². The molecule has 0 unspecified atom stereocenters. The molecular formula is C21H20N4OS. The van der Waals surface area contributed by atoms with Gasteiger partial charge in [0.25, 0.3) is 0 Å². The zero-order valence-electron chi connectivity index (χ0n) is 15.1. The molecule has 0 radical (unpaired) electrons. The SMILES string of the molecule is COc1ccccc1-c1nnc(SCc2ccccc2C#N)n1CC1CC1. The van der Waals surface area contributed by atoms with E-state index in [0.717, 1.165) is 34.4 Å². The number of ether oxygens (including phenoxy) is 1. The number of para-hydroxylation sites is 1. The summed E-state index contributed by atoms with van der Waals surface area (Å²) >= 11 is 1.63. The van der Waals surface area contributed by atoms with Crippen molar-refractivity contribution in [3.05, 3.63) is 59.7 Å². The lowest BCUT2D eigenvalue weighted by Crippen LogP contribution is -2.05. The summed E-state index contributed by atoms with van der Waals surface area (Å²) in [5.41, 5.74) is 2.69. The molecule has 0 atom stereocenters. The second kappa shape index (κ2) is 7.85. The first-order chi connectivity index (χ1) is 13.3. The van der Waals surface area contributed by atoms with Crippen molar-refractivity contribution in [1.29, 1.82) is 5.26 Å². The van der Waals surface area contributed by atoms with E-state index in [1.807, 2.05) is 48.5 Å². The predicted molar refractivity (Wildman–Crippen MR) is 105 cm³/mol. The van der Waals surface area contributed by atoms with Crippen LogP contribution >= 0.6 is 11.8 Å². The minimum atomic E-state index is 0.693. The van der Waals surface area contributed by atoms with E-state index < -0.39 is 0 Å². The highest BCUT2D eigenvalue weighted by molar-refractivity contribution is 7.98. The van der Waals surface area contributed by atoms with Gasteiger partial charge in [-0.05, 0) is 42.5 Å². The van der Waals surface area contributed by atoms with Gasteiger partial charge in [0.2, 0.25) is 0 Å². The van der Waals surface area contributed by atoms with E-state index in [2.05, 4.69) is 20.8 Å². The second-order valence-electron chi connectivity index (χ2n) is 6.62. The highest BCUT2D eigenvalue weighted by Crippen LogP contribution is 2.37. The summed E-state index contributed by atoms with van der Waals surface area (Å²) in [6, 6.07) is 17.9. The van der Waals surface area contributed by atoms with E-state index in [-0.39, 0.29) is 0 Å².